The van der Waals surface area contributed by atoms with Crippen molar-refractivity contribution in [1.29, 1.82) is 0 Å². The minimum atomic E-state index is -0.356. The van der Waals surface area contributed by atoms with E-state index in [-0.39, 0.29) is 11.6 Å². The summed E-state index contributed by atoms with van der Waals surface area (Å²) < 4.78 is 6.62. The van der Waals surface area contributed by atoms with Crippen LogP contribution in [0.25, 0.3) is 22.2 Å². The molecule has 3 aromatic rings. The van der Waals surface area contributed by atoms with E-state index in [1.54, 1.807) is 20.0 Å². The van der Waals surface area contributed by atoms with Gasteiger partial charge in [-0.2, -0.15) is 0 Å². The molecule has 24 heavy (non-hydrogen) atoms. The maximum atomic E-state index is 12.7. The zero-order valence-electron chi connectivity index (χ0n) is 14.1. The number of nitrogens with one attached hydrogen (secondary N) is 1. The standard InChI is InChI=1S/C16H18N4O4/c1-8-13(9(2)24-18-8)10-6-11(15(21)20(4)23-5)14-12(7-10)17-16(22)19(14)3/h6-7H,1-5H3,(H,17,22). The molecule has 0 unspecified atom stereocenters. The van der Waals surface area contributed by atoms with Crippen molar-refractivity contribution in [2.45, 2.75) is 13.8 Å². The molecule has 8 nitrogen and oxygen atoms in total. The fourth-order valence-corrected chi connectivity index (χ4v) is 2.85. The summed E-state index contributed by atoms with van der Waals surface area (Å²) in [5.41, 5.74) is 3.40. The molecule has 0 aliphatic carbocycles. The number of carbonyl (C=O) groups is 1. The fraction of sp³-hybridized carbons (Fsp3) is 0.312. The Morgan fingerprint density at radius 1 is 1.38 bits per heavy atom. The van der Waals surface area contributed by atoms with Crippen LogP contribution in [0.2, 0.25) is 0 Å². The number of aromatic nitrogens is 3. The molecule has 0 aliphatic heterocycles. The second kappa shape index (κ2) is 5.64. The van der Waals surface area contributed by atoms with Gasteiger partial charge in [0, 0.05) is 19.7 Å². The molecule has 2 aromatic heterocycles. The highest BCUT2D eigenvalue weighted by Gasteiger charge is 2.22. The van der Waals surface area contributed by atoms with E-state index in [1.807, 2.05) is 13.0 Å². The van der Waals surface area contributed by atoms with Gasteiger partial charge in [-0.3, -0.25) is 14.2 Å². The van der Waals surface area contributed by atoms with E-state index in [4.69, 9.17) is 9.36 Å². The number of H-pyrrole nitrogens is 1. The van der Waals surface area contributed by atoms with Crippen molar-refractivity contribution in [1.82, 2.24) is 19.8 Å². The van der Waals surface area contributed by atoms with Gasteiger partial charge in [-0.05, 0) is 31.5 Å². The molecule has 1 amide bonds. The van der Waals surface area contributed by atoms with Crippen LogP contribution >= 0.6 is 0 Å². The zero-order valence-corrected chi connectivity index (χ0v) is 14.1. The number of rotatable bonds is 3. The van der Waals surface area contributed by atoms with Crippen LogP contribution in [0.1, 0.15) is 21.8 Å². The summed E-state index contributed by atoms with van der Waals surface area (Å²) in [6.45, 7) is 3.63. The molecule has 0 radical (unpaired) electrons. The van der Waals surface area contributed by atoms with Crippen LogP contribution < -0.4 is 5.69 Å². The largest absolute Gasteiger partial charge is 0.361 e. The van der Waals surface area contributed by atoms with E-state index < -0.39 is 0 Å². The predicted octanol–water partition coefficient (Wildman–Crippen LogP) is 1.77. The summed E-state index contributed by atoms with van der Waals surface area (Å²) in [6, 6.07) is 3.53. The minimum absolute atomic E-state index is 0.296. The summed E-state index contributed by atoms with van der Waals surface area (Å²) in [7, 11) is 4.53. The van der Waals surface area contributed by atoms with Crippen molar-refractivity contribution in [3.05, 3.63) is 39.6 Å². The third-order valence-corrected chi connectivity index (χ3v) is 4.10. The molecule has 0 atom stereocenters. The second-order valence-corrected chi connectivity index (χ2v) is 5.59. The second-order valence-electron chi connectivity index (χ2n) is 5.59. The molecule has 0 saturated carbocycles. The highest BCUT2D eigenvalue weighted by atomic mass is 16.7. The summed E-state index contributed by atoms with van der Waals surface area (Å²) in [6.07, 6.45) is 0. The Balaban J connectivity index is 2.36. The third kappa shape index (κ3) is 2.31. The molecule has 2 heterocycles. The Morgan fingerprint density at radius 2 is 2.08 bits per heavy atom. The van der Waals surface area contributed by atoms with Crippen LogP contribution in [0.15, 0.2) is 21.5 Å². The average Bonchev–Trinajstić information content (AvgIpc) is 3.04. The number of carbonyl (C=O) groups excluding carboxylic acids is 1. The Labute approximate surface area is 137 Å². The molecule has 0 aliphatic rings. The van der Waals surface area contributed by atoms with Gasteiger partial charge in [0.2, 0.25) is 0 Å². The van der Waals surface area contributed by atoms with Gasteiger partial charge in [-0.1, -0.05) is 5.16 Å². The predicted molar refractivity (Wildman–Crippen MR) is 87.6 cm³/mol. The Hall–Kier alpha value is -2.87. The summed E-state index contributed by atoms with van der Waals surface area (Å²) in [5, 5.41) is 5.06. The fourth-order valence-electron chi connectivity index (χ4n) is 2.85. The molecular weight excluding hydrogens is 312 g/mol. The van der Waals surface area contributed by atoms with Crippen molar-refractivity contribution in [3.8, 4) is 11.1 Å². The molecule has 0 fully saturated rings. The lowest BCUT2D eigenvalue weighted by Gasteiger charge is -2.15. The number of hydrogen-bond donors (Lipinski definition) is 1. The van der Waals surface area contributed by atoms with Crippen LogP contribution in [0.4, 0.5) is 0 Å². The van der Waals surface area contributed by atoms with Gasteiger partial charge in [0.1, 0.15) is 5.76 Å². The first-order chi connectivity index (χ1) is 11.3. The monoisotopic (exact) mass is 330 g/mol. The van der Waals surface area contributed by atoms with E-state index >= 15 is 0 Å². The number of hydrogen-bond acceptors (Lipinski definition) is 5. The lowest BCUT2D eigenvalue weighted by Crippen LogP contribution is -2.26. The molecule has 1 N–H and O–H groups in total. The number of nitrogens with zero attached hydrogens (tertiary/aromatic N) is 3. The lowest BCUT2D eigenvalue weighted by molar-refractivity contribution is -0.0755. The zero-order chi connectivity index (χ0) is 17.6. The van der Waals surface area contributed by atoms with E-state index in [0.717, 1.165) is 16.2 Å². The molecule has 1 aromatic carbocycles. The van der Waals surface area contributed by atoms with Gasteiger partial charge in [0.25, 0.3) is 5.91 Å². The van der Waals surface area contributed by atoms with Crippen molar-refractivity contribution in [2.75, 3.05) is 14.2 Å². The van der Waals surface area contributed by atoms with Crippen LogP contribution in [0.5, 0.6) is 0 Å². The number of imidazole rings is 1. The highest BCUT2D eigenvalue weighted by Crippen LogP contribution is 2.31. The summed E-state index contributed by atoms with van der Waals surface area (Å²) in [4.78, 5) is 32.4. The van der Waals surface area contributed by atoms with Crippen molar-refractivity contribution in [2.24, 2.45) is 7.05 Å². The van der Waals surface area contributed by atoms with Gasteiger partial charge in [0.05, 0.1) is 29.4 Å². The van der Waals surface area contributed by atoms with E-state index in [0.29, 0.717) is 28.1 Å². The number of fused-ring (bicyclic) bond motifs is 1. The van der Waals surface area contributed by atoms with Crippen molar-refractivity contribution < 1.29 is 14.2 Å². The smallest absolute Gasteiger partial charge is 0.326 e. The summed E-state index contributed by atoms with van der Waals surface area (Å²) >= 11 is 0. The highest BCUT2D eigenvalue weighted by molar-refractivity contribution is 6.06. The SMILES string of the molecule is CON(C)C(=O)c1cc(-c2c(C)noc2C)cc2[nH]c(=O)n(C)c12. The van der Waals surface area contributed by atoms with Crippen molar-refractivity contribution in [3.63, 3.8) is 0 Å². The van der Waals surface area contributed by atoms with Gasteiger partial charge in [-0.15, -0.1) is 0 Å². The van der Waals surface area contributed by atoms with Gasteiger partial charge in [0.15, 0.2) is 0 Å². The summed E-state index contributed by atoms with van der Waals surface area (Å²) in [5.74, 6) is 0.286. The van der Waals surface area contributed by atoms with Crippen LogP contribution in [-0.2, 0) is 11.9 Å². The minimum Gasteiger partial charge on any atom is -0.361 e. The first-order valence-electron chi connectivity index (χ1n) is 7.33. The first-order valence-corrected chi connectivity index (χ1v) is 7.33. The molecule has 8 heteroatoms. The topological polar surface area (TPSA) is 93.4 Å². The van der Waals surface area contributed by atoms with Crippen LogP contribution in [0, 0.1) is 13.8 Å². The normalized spacial score (nSPS) is 11.2. The first kappa shape index (κ1) is 16.0. The average molecular weight is 330 g/mol. The number of aryl methyl sites for hydroxylation is 3. The molecule has 0 bridgehead atoms. The molecular formula is C16H18N4O4. The van der Waals surface area contributed by atoms with E-state index in [1.165, 1.54) is 18.7 Å². The number of aromatic amines is 1. The Kier molecular flexibility index (Phi) is 3.76. The maximum absolute atomic E-state index is 12.7. The quantitative estimate of drug-likeness (QED) is 0.739. The third-order valence-electron chi connectivity index (χ3n) is 4.10. The molecule has 0 saturated heterocycles. The van der Waals surface area contributed by atoms with Crippen LogP contribution in [-0.4, -0.2) is 39.8 Å². The number of amides is 1. The Morgan fingerprint density at radius 3 is 2.67 bits per heavy atom. The molecule has 3 rings (SSSR count). The lowest BCUT2D eigenvalue weighted by atomic mass is 10.00. The van der Waals surface area contributed by atoms with Gasteiger partial charge in [-0.25, -0.2) is 9.86 Å². The van der Waals surface area contributed by atoms with Gasteiger partial charge < -0.3 is 9.51 Å². The number of benzene rings is 1. The Bertz CT molecular complexity index is 976. The van der Waals surface area contributed by atoms with Gasteiger partial charge >= 0.3 is 5.69 Å². The maximum Gasteiger partial charge on any atom is 0.326 e. The molecule has 126 valence electrons. The number of hydroxylamine groups is 2. The van der Waals surface area contributed by atoms with E-state index in [2.05, 4.69) is 10.1 Å². The van der Waals surface area contributed by atoms with Crippen molar-refractivity contribution >= 4 is 16.9 Å². The van der Waals surface area contributed by atoms with E-state index in [9.17, 15) is 9.59 Å². The molecule has 0 spiro atoms. The van der Waals surface area contributed by atoms with Crippen LogP contribution in [0.3, 0.4) is 0 Å².